The molecule has 3 rings (SSSR count). The van der Waals surface area contributed by atoms with Crippen LogP contribution in [0.25, 0.3) is 22.1 Å². The number of anilines is 2. The summed E-state index contributed by atoms with van der Waals surface area (Å²) in [6.45, 7) is 0. The molecule has 2 aromatic heterocycles. The first kappa shape index (κ1) is 8.78. The fraction of sp³-hybridized carbons (Fsp3) is 0. The van der Waals surface area contributed by atoms with E-state index in [0.29, 0.717) is 33.4 Å². The molecule has 0 saturated carbocycles. The Balaban J connectivity index is 2.69. The number of nitrogens with two attached hydrogens (primary N) is 2. The van der Waals surface area contributed by atoms with Crippen molar-refractivity contribution in [2.45, 2.75) is 0 Å². The van der Waals surface area contributed by atoms with Gasteiger partial charge in [-0.05, 0) is 0 Å². The van der Waals surface area contributed by atoms with Gasteiger partial charge < -0.3 is 11.5 Å². The van der Waals surface area contributed by atoms with Crippen LogP contribution in [-0.2, 0) is 0 Å². The Bertz CT molecular complexity index is 633. The van der Waals surface area contributed by atoms with Gasteiger partial charge in [0.15, 0.2) is 0 Å². The van der Waals surface area contributed by atoms with Gasteiger partial charge in [0.1, 0.15) is 22.1 Å². The summed E-state index contributed by atoms with van der Waals surface area (Å²) in [5.74, 6) is 0. The molecule has 0 aliphatic heterocycles. The predicted octanol–water partition coefficient (Wildman–Crippen LogP) is 0.737. The SMILES string of the molecule is Nc1c(N)c2nccnc2c2nccnc12. The first-order valence-electron chi connectivity index (χ1n) is 4.67. The second-order valence-electron chi connectivity index (χ2n) is 3.33. The summed E-state index contributed by atoms with van der Waals surface area (Å²) < 4.78 is 0. The van der Waals surface area contributed by atoms with Crippen LogP contribution in [-0.4, -0.2) is 19.9 Å². The summed E-state index contributed by atoms with van der Waals surface area (Å²) in [6, 6.07) is 0. The summed E-state index contributed by atoms with van der Waals surface area (Å²) in [7, 11) is 0. The standard InChI is InChI=1S/C10H8N6/c11-5-6(12)8-10(16-4-2-14-8)9-7(5)13-1-3-15-9/h1-4H,11-12H2. The molecule has 0 amide bonds. The summed E-state index contributed by atoms with van der Waals surface area (Å²) in [5, 5.41) is 0. The molecule has 0 atom stereocenters. The highest BCUT2D eigenvalue weighted by Crippen LogP contribution is 2.31. The van der Waals surface area contributed by atoms with Gasteiger partial charge in [-0.25, -0.2) is 0 Å². The Kier molecular flexibility index (Phi) is 1.64. The van der Waals surface area contributed by atoms with Gasteiger partial charge in [0, 0.05) is 24.8 Å². The zero-order chi connectivity index (χ0) is 11.1. The Morgan fingerprint density at radius 2 is 0.875 bits per heavy atom. The smallest absolute Gasteiger partial charge is 0.119 e. The van der Waals surface area contributed by atoms with E-state index in [1.807, 2.05) is 0 Å². The fourth-order valence-corrected chi connectivity index (χ4v) is 1.67. The highest BCUT2D eigenvalue weighted by Gasteiger charge is 2.12. The summed E-state index contributed by atoms with van der Waals surface area (Å²) in [4.78, 5) is 16.7. The lowest BCUT2D eigenvalue weighted by Gasteiger charge is -2.07. The molecule has 0 radical (unpaired) electrons. The first-order chi connectivity index (χ1) is 7.79. The third-order valence-corrected chi connectivity index (χ3v) is 2.42. The Morgan fingerprint density at radius 1 is 0.562 bits per heavy atom. The fourth-order valence-electron chi connectivity index (χ4n) is 1.67. The molecule has 0 bridgehead atoms. The molecule has 78 valence electrons. The maximum absolute atomic E-state index is 5.89. The maximum atomic E-state index is 5.89. The van der Waals surface area contributed by atoms with Crippen molar-refractivity contribution >= 4 is 33.4 Å². The van der Waals surface area contributed by atoms with E-state index >= 15 is 0 Å². The number of aromatic nitrogens is 4. The lowest BCUT2D eigenvalue weighted by atomic mass is 10.2. The van der Waals surface area contributed by atoms with Crippen molar-refractivity contribution in [1.82, 2.24) is 19.9 Å². The third-order valence-electron chi connectivity index (χ3n) is 2.42. The van der Waals surface area contributed by atoms with Crippen LogP contribution in [0.5, 0.6) is 0 Å². The Hall–Kier alpha value is -2.50. The van der Waals surface area contributed by atoms with Gasteiger partial charge in [-0.3, -0.25) is 19.9 Å². The molecule has 0 saturated heterocycles. The average molecular weight is 212 g/mol. The first-order valence-corrected chi connectivity index (χ1v) is 4.67. The zero-order valence-electron chi connectivity index (χ0n) is 8.25. The van der Waals surface area contributed by atoms with Crippen LogP contribution < -0.4 is 11.5 Å². The van der Waals surface area contributed by atoms with Crippen LogP contribution in [0.1, 0.15) is 0 Å². The van der Waals surface area contributed by atoms with Crippen LogP contribution in [0.15, 0.2) is 24.8 Å². The van der Waals surface area contributed by atoms with Gasteiger partial charge in [0.25, 0.3) is 0 Å². The van der Waals surface area contributed by atoms with Gasteiger partial charge >= 0.3 is 0 Å². The van der Waals surface area contributed by atoms with Gasteiger partial charge in [0.2, 0.25) is 0 Å². The van der Waals surface area contributed by atoms with Crippen molar-refractivity contribution in [2.75, 3.05) is 11.5 Å². The predicted molar refractivity (Wildman–Crippen MR) is 61.5 cm³/mol. The summed E-state index contributed by atoms with van der Waals surface area (Å²) in [5.41, 5.74) is 14.9. The largest absolute Gasteiger partial charge is 0.395 e. The summed E-state index contributed by atoms with van der Waals surface area (Å²) >= 11 is 0. The van der Waals surface area contributed by atoms with Crippen molar-refractivity contribution in [3.8, 4) is 0 Å². The van der Waals surface area contributed by atoms with Crippen LogP contribution >= 0.6 is 0 Å². The minimum Gasteiger partial charge on any atom is -0.395 e. The van der Waals surface area contributed by atoms with E-state index in [-0.39, 0.29) is 0 Å². The van der Waals surface area contributed by atoms with E-state index in [2.05, 4.69) is 19.9 Å². The number of hydrogen-bond donors (Lipinski definition) is 2. The molecule has 0 aliphatic rings. The maximum Gasteiger partial charge on any atom is 0.119 e. The van der Waals surface area contributed by atoms with Crippen molar-refractivity contribution in [2.24, 2.45) is 0 Å². The van der Waals surface area contributed by atoms with Crippen molar-refractivity contribution in [3.63, 3.8) is 0 Å². The molecule has 16 heavy (non-hydrogen) atoms. The monoisotopic (exact) mass is 212 g/mol. The van der Waals surface area contributed by atoms with E-state index in [4.69, 9.17) is 11.5 Å². The third kappa shape index (κ3) is 1.01. The molecule has 0 aliphatic carbocycles. The Morgan fingerprint density at radius 3 is 1.25 bits per heavy atom. The van der Waals surface area contributed by atoms with Crippen LogP contribution in [0.4, 0.5) is 11.4 Å². The second kappa shape index (κ2) is 2.99. The number of benzene rings is 1. The molecule has 1 aromatic carbocycles. The van der Waals surface area contributed by atoms with E-state index in [1.54, 1.807) is 24.8 Å². The normalized spacial score (nSPS) is 11.0. The number of fused-ring (bicyclic) bond motifs is 3. The van der Waals surface area contributed by atoms with Gasteiger partial charge in [0.05, 0.1) is 11.4 Å². The lowest BCUT2D eigenvalue weighted by molar-refractivity contribution is 1.26. The molecular weight excluding hydrogens is 204 g/mol. The number of hydrogen-bond acceptors (Lipinski definition) is 6. The number of rotatable bonds is 0. The van der Waals surface area contributed by atoms with Gasteiger partial charge in [-0.2, -0.15) is 0 Å². The highest BCUT2D eigenvalue weighted by molar-refractivity contribution is 6.12. The minimum atomic E-state index is 0.399. The second-order valence-corrected chi connectivity index (χ2v) is 3.33. The van der Waals surface area contributed by atoms with E-state index < -0.39 is 0 Å². The van der Waals surface area contributed by atoms with Crippen LogP contribution in [0.2, 0.25) is 0 Å². The molecule has 0 fully saturated rings. The quantitative estimate of drug-likeness (QED) is 0.323. The molecule has 6 nitrogen and oxygen atoms in total. The number of nitrogens with zero attached hydrogens (tertiary/aromatic N) is 4. The Labute approximate surface area is 90.4 Å². The molecular formula is C10H8N6. The van der Waals surface area contributed by atoms with Gasteiger partial charge in [-0.15, -0.1) is 0 Å². The van der Waals surface area contributed by atoms with Crippen molar-refractivity contribution in [1.29, 1.82) is 0 Å². The average Bonchev–Trinajstić information content (AvgIpc) is 2.36. The van der Waals surface area contributed by atoms with E-state index in [9.17, 15) is 0 Å². The van der Waals surface area contributed by atoms with Crippen LogP contribution in [0.3, 0.4) is 0 Å². The molecule has 2 heterocycles. The molecule has 3 aromatic rings. The lowest BCUT2D eigenvalue weighted by Crippen LogP contribution is -2.01. The van der Waals surface area contributed by atoms with E-state index in [1.165, 1.54) is 0 Å². The molecule has 6 heteroatoms. The van der Waals surface area contributed by atoms with Crippen molar-refractivity contribution < 1.29 is 0 Å². The minimum absolute atomic E-state index is 0.399. The molecule has 0 spiro atoms. The topological polar surface area (TPSA) is 104 Å². The highest BCUT2D eigenvalue weighted by atomic mass is 14.9. The number of nitrogen functional groups attached to an aromatic ring is 2. The molecule has 0 unspecified atom stereocenters. The summed E-state index contributed by atoms with van der Waals surface area (Å²) in [6.07, 6.45) is 6.32. The van der Waals surface area contributed by atoms with Crippen LogP contribution in [0, 0.1) is 0 Å². The molecule has 4 N–H and O–H groups in total. The van der Waals surface area contributed by atoms with Crippen molar-refractivity contribution in [3.05, 3.63) is 24.8 Å². The van der Waals surface area contributed by atoms with E-state index in [0.717, 1.165) is 0 Å². The van der Waals surface area contributed by atoms with Gasteiger partial charge in [-0.1, -0.05) is 0 Å². The zero-order valence-corrected chi connectivity index (χ0v) is 8.25.